The van der Waals surface area contributed by atoms with Gasteiger partial charge in [0, 0.05) is 6.04 Å². The zero-order valence-electron chi connectivity index (χ0n) is 12.9. The predicted octanol–water partition coefficient (Wildman–Crippen LogP) is 3.64. The summed E-state index contributed by atoms with van der Waals surface area (Å²) >= 11 is 0. The molecule has 1 aromatic carbocycles. The normalized spacial score (nSPS) is 11.9. The molecule has 0 spiro atoms. The van der Waals surface area contributed by atoms with Crippen molar-refractivity contribution in [2.24, 2.45) is 0 Å². The summed E-state index contributed by atoms with van der Waals surface area (Å²) in [5.74, 6) is 5.95. The van der Waals surface area contributed by atoms with Gasteiger partial charge in [0.1, 0.15) is 6.61 Å². The molecule has 20 heavy (non-hydrogen) atoms. The monoisotopic (exact) mass is 277 g/mol. The van der Waals surface area contributed by atoms with E-state index >= 15 is 0 Å². The molecular formula is C17H24FNO. The van der Waals surface area contributed by atoms with Crippen molar-refractivity contribution in [2.75, 3.05) is 19.7 Å². The van der Waals surface area contributed by atoms with Crippen molar-refractivity contribution in [3.8, 4) is 17.6 Å². The topological polar surface area (TPSA) is 12.5 Å². The lowest BCUT2D eigenvalue weighted by Crippen LogP contribution is -2.32. The van der Waals surface area contributed by atoms with Crippen LogP contribution in [-0.2, 0) is 0 Å². The highest BCUT2D eigenvalue weighted by Crippen LogP contribution is 2.17. The number of aryl methyl sites for hydroxylation is 1. The second kappa shape index (κ2) is 8.60. The van der Waals surface area contributed by atoms with Crippen molar-refractivity contribution < 1.29 is 9.13 Å². The lowest BCUT2D eigenvalue weighted by molar-refractivity contribution is 0.241. The van der Waals surface area contributed by atoms with Gasteiger partial charge in [-0.05, 0) is 44.5 Å². The third-order valence-electron chi connectivity index (χ3n) is 3.41. The van der Waals surface area contributed by atoms with Gasteiger partial charge in [0.05, 0.1) is 6.54 Å². The molecule has 0 aliphatic carbocycles. The molecular weight excluding hydrogens is 253 g/mol. The zero-order valence-corrected chi connectivity index (χ0v) is 12.9. The predicted molar refractivity (Wildman–Crippen MR) is 81.4 cm³/mol. The molecule has 0 saturated carbocycles. The first-order valence-electron chi connectivity index (χ1n) is 7.17. The summed E-state index contributed by atoms with van der Waals surface area (Å²) < 4.78 is 18.8. The fourth-order valence-corrected chi connectivity index (χ4v) is 1.88. The average molecular weight is 277 g/mol. The van der Waals surface area contributed by atoms with E-state index in [-0.39, 0.29) is 18.2 Å². The quantitative estimate of drug-likeness (QED) is 0.736. The molecule has 2 nitrogen and oxygen atoms in total. The highest BCUT2D eigenvalue weighted by atomic mass is 19.1. The summed E-state index contributed by atoms with van der Waals surface area (Å²) in [5.41, 5.74) is 0.882. The Kier molecular flexibility index (Phi) is 7.11. The molecule has 0 aliphatic rings. The summed E-state index contributed by atoms with van der Waals surface area (Å²) in [7, 11) is 0. The van der Waals surface area contributed by atoms with Crippen LogP contribution in [0.25, 0.3) is 0 Å². The summed E-state index contributed by atoms with van der Waals surface area (Å²) in [6.07, 6.45) is 1.11. The number of benzene rings is 1. The second-order valence-electron chi connectivity index (χ2n) is 4.90. The van der Waals surface area contributed by atoms with Gasteiger partial charge in [-0.15, -0.1) is 0 Å². The van der Waals surface area contributed by atoms with Gasteiger partial charge in [-0.1, -0.05) is 31.8 Å². The lowest BCUT2D eigenvalue weighted by Gasteiger charge is -2.24. The van der Waals surface area contributed by atoms with Gasteiger partial charge in [0.15, 0.2) is 11.6 Å². The smallest absolute Gasteiger partial charge is 0.165 e. The van der Waals surface area contributed by atoms with E-state index in [1.807, 2.05) is 13.0 Å². The van der Waals surface area contributed by atoms with E-state index in [1.165, 1.54) is 6.07 Å². The molecule has 0 radical (unpaired) electrons. The molecule has 110 valence electrons. The average Bonchev–Trinajstić information content (AvgIpc) is 2.44. The van der Waals surface area contributed by atoms with Crippen LogP contribution in [0.4, 0.5) is 4.39 Å². The van der Waals surface area contributed by atoms with Crippen molar-refractivity contribution in [3.63, 3.8) is 0 Å². The molecule has 0 saturated heterocycles. The molecule has 0 amide bonds. The Hall–Kier alpha value is -1.53. The van der Waals surface area contributed by atoms with E-state index in [0.717, 1.165) is 25.1 Å². The molecule has 1 unspecified atom stereocenters. The number of hydrogen-bond donors (Lipinski definition) is 0. The number of hydrogen-bond acceptors (Lipinski definition) is 2. The Morgan fingerprint density at radius 3 is 2.65 bits per heavy atom. The summed E-state index contributed by atoms with van der Waals surface area (Å²) in [6.45, 7) is 10.3. The Bertz CT molecular complexity index is 476. The van der Waals surface area contributed by atoms with Crippen molar-refractivity contribution in [1.29, 1.82) is 0 Å². The van der Waals surface area contributed by atoms with Crippen LogP contribution in [-0.4, -0.2) is 30.6 Å². The van der Waals surface area contributed by atoms with Crippen LogP contribution in [0.1, 0.15) is 32.8 Å². The zero-order chi connectivity index (χ0) is 15.0. The van der Waals surface area contributed by atoms with E-state index in [4.69, 9.17) is 4.74 Å². The van der Waals surface area contributed by atoms with Gasteiger partial charge in [-0.3, -0.25) is 4.90 Å². The molecule has 3 heteroatoms. The molecule has 0 heterocycles. The van der Waals surface area contributed by atoms with E-state index in [1.54, 1.807) is 6.07 Å². The minimum absolute atomic E-state index is 0.220. The fourth-order valence-electron chi connectivity index (χ4n) is 1.88. The highest BCUT2D eigenvalue weighted by molar-refractivity contribution is 5.28. The van der Waals surface area contributed by atoms with Gasteiger partial charge in [0.25, 0.3) is 0 Å². The summed E-state index contributed by atoms with van der Waals surface area (Å²) in [4.78, 5) is 2.31. The Balaban J connectivity index is 2.43. The Morgan fingerprint density at radius 1 is 1.30 bits per heavy atom. The maximum atomic E-state index is 13.5. The van der Waals surface area contributed by atoms with Crippen LogP contribution < -0.4 is 4.74 Å². The van der Waals surface area contributed by atoms with Crippen LogP contribution in [0.15, 0.2) is 18.2 Å². The molecule has 1 atom stereocenters. The summed E-state index contributed by atoms with van der Waals surface area (Å²) in [5, 5.41) is 0. The number of ether oxygens (including phenoxy) is 1. The van der Waals surface area contributed by atoms with Gasteiger partial charge in [-0.25, -0.2) is 4.39 Å². The van der Waals surface area contributed by atoms with E-state index in [2.05, 4.69) is 37.5 Å². The molecule has 0 bridgehead atoms. The fraction of sp³-hybridized carbons (Fsp3) is 0.529. The number of halogens is 1. The van der Waals surface area contributed by atoms with Gasteiger partial charge in [0.2, 0.25) is 0 Å². The largest absolute Gasteiger partial charge is 0.478 e. The lowest BCUT2D eigenvalue weighted by atomic mass is 10.2. The minimum Gasteiger partial charge on any atom is -0.478 e. The van der Waals surface area contributed by atoms with Gasteiger partial charge >= 0.3 is 0 Å². The molecule has 1 aromatic rings. The van der Waals surface area contributed by atoms with Crippen LogP contribution in [0, 0.1) is 24.6 Å². The van der Waals surface area contributed by atoms with Crippen LogP contribution in [0.2, 0.25) is 0 Å². The number of rotatable bonds is 6. The van der Waals surface area contributed by atoms with Crippen molar-refractivity contribution in [3.05, 3.63) is 29.6 Å². The van der Waals surface area contributed by atoms with Gasteiger partial charge in [-0.2, -0.15) is 0 Å². The Labute approximate surface area is 121 Å². The van der Waals surface area contributed by atoms with Crippen molar-refractivity contribution >= 4 is 0 Å². The number of nitrogens with zero attached hydrogens (tertiary/aromatic N) is 1. The second-order valence-corrected chi connectivity index (χ2v) is 4.90. The molecule has 0 aliphatic heterocycles. The molecule has 1 rings (SSSR count). The van der Waals surface area contributed by atoms with Crippen LogP contribution >= 0.6 is 0 Å². The van der Waals surface area contributed by atoms with Crippen molar-refractivity contribution in [1.82, 2.24) is 4.90 Å². The first kappa shape index (κ1) is 16.5. The molecule has 0 fully saturated rings. The first-order valence-corrected chi connectivity index (χ1v) is 7.17. The van der Waals surface area contributed by atoms with Crippen molar-refractivity contribution in [2.45, 2.75) is 40.2 Å². The van der Waals surface area contributed by atoms with E-state index < -0.39 is 0 Å². The maximum absolute atomic E-state index is 13.5. The summed E-state index contributed by atoms with van der Waals surface area (Å²) in [6, 6.07) is 5.46. The maximum Gasteiger partial charge on any atom is 0.165 e. The highest BCUT2D eigenvalue weighted by Gasteiger charge is 2.07. The SMILES string of the molecule is CCC(C)N(CC)CC#CCOc1ccc(C)cc1F. The standard InChI is InChI=1S/C17H24FNO/c1-5-15(4)19(6-2)11-7-8-12-20-17-10-9-14(3)13-16(17)18/h9-10,13,15H,5-6,11-12H2,1-4H3. The first-order chi connectivity index (χ1) is 9.58. The van der Waals surface area contributed by atoms with Crippen LogP contribution in [0.3, 0.4) is 0 Å². The minimum atomic E-state index is -0.332. The van der Waals surface area contributed by atoms with E-state index in [0.29, 0.717) is 6.04 Å². The van der Waals surface area contributed by atoms with Gasteiger partial charge < -0.3 is 4.74 Å². The Morgan fingerprint density at radius 2 is 2.05 bits per heavy atom. The van der Waals surface area contributed by atoms with E-state index in [9.17, 15) is 4.39 Å². The molecule has 0 aromatic heterocycles. The third kappa shape index (κ3) is 5.22. The third-order valence-corrected chi connectivity index (χ3v) is 3.41. The molecule has 0 N–H and O–H groups in total. The van der Waals surface area contributed by atoms with Crippen LogP contribution in [0.5, 0.6) is 5.75 Å².